The van der Waals surface area contributed by atoms with E-state index in [-0.39, 0.29) is 5.54 Å². The number of hydrogen-bond donors (Lipinski definition) is 0. The first-order valence-electron chi connectivity index (χ1n) is 3.75. The van der Waals surface area contributed by atoms with E-state index >= 15 is 0 Å². The summed E-state index contributed by atoms with van der Waals surface area (Å²) in [6.07, 6.45) is 0. The predicted molar refractivity (Wildman–Crippen MR) is 67.4 cm³/mol. The Labute approximate surface area is 100 Å². The molecule has 12 heavy (non-hydrogen) atoms. The molecule has 0 spiro atoms. The predicted octanol–water partition coefficient (Wildman–Crippen LogP) is 3.16. The maximum absolute atomic E-state index is 4.48. The van der Waals surface area contributed by atoms with Crippen molar-refractivity contribution in [2.75, 3.05) is 0 Å². The smallest absolute Gasteiger partial charge is 0.113 e. The molecule has 0 radical (unpaired) electrons. The lowest BCUT2D eigenvalue weighted by atomic mass is 10.1. The van der Waals surface area contributed by atoms with E-state index in [1.165, 1.54) is 7.27 Å². The lowest BCUT2D eigenvalue weighted by Crippen LogP contribution is -2.24. The van der Waals surface area contributed by atoms with Gasteiger partial charge in [-0.3, -0.25) is 4.68 Å². The fourth-order valence-electron chi connectivity index (χ4n) is 0.925. The molecule has 0 fully saturated rings. The van der Waals surface area contributed by atoms with E-state index in [1.807, 2.05) is 6.92 Å². The van der Waals surface area contributed by atoms with Gasteiger partial charge in [-0.15, -0.1) is 0 Å². The van der Waals surface area contributed by atoms with Gasteiger partial charge < -0.3 is 0 Å². The van der Waals surface area contributed by atoms with Gasteiger partial charge in [-0.25, -0.2) is 0 Å². The Morgan fingerprint density at radius 3 is 1.92 bits per heavy atom. The second-order valence-electron chi connectivity index (χ2n) is 3.77. The van der Waals surface area contributed by atoms with Crippen LogP contribution in [0.15, 0.2) is 0 Å². The van der Waals surface area contributed by atoms with Gasteiger partial charge in [-0.1, -0.05) is 0 Å². The molecule has 68 valence electrons. The summed E-state index contributed by atoms with van der Waals surface area (Å²) in [4.78, 5) is 0. The molecule has 1 rings (SSSR count). The van der Waals surface area contributed by atoms with Crippen molar-refractivity contribution in [1.29, 1.82) is 0 Å². The Morgan fingerprint density at radius 1 is 1.25 bits per heavy atom. The molecule has 0 aliphatic carbocycles. The molecule has 0 unspecified atom stereocenters. The second-order valence-corrected chi connectivity index (χ2v) is 5.87. The van der Waals surface area contributed by atoms with E-state index < -0.39 is 0 Å². The number of aryl methyl sites for hydroxylation is 1. The van der Waals surface area contributed by atoms with Gasteiger partial charge in [-0.2, -0.15) is 5.10 Å². The first-order valence-corrected chi connectivity index (χ1v) is 5.91. The lowest BCUT2D eigenvalue weighted by Gasteiger charge is -2.20. The highest BCUT2D eigenvalue weighted by molar-refractivity contribution is 14.1. The molecular formula is C8H12I2N2. The van der Waals surface area contributed by atoms with Crippen LogP contribution < -0.4 is 0 Å². The number of aromatic nitrogens is 2. The third kappa shape index (κ3) is 1.94. The molecule has 0 bridgehead atoms. The summed E-state index contributed by atoms with van der Waals surface area (Å²) < 4.78 is 4.58. The summed E-state index contributed by atoms with van der Waals surface area (Å²) >= 11 is 4.68. The van der Waals surface area contributed by atoms with Gasteiger partial charge in [0.25, 0.3) is 0 Å². The summed E-state index contributed by atoms with van der Waals surface area (Å²) in [6, 6.07) is 0. The van der Waals surface area contributed by atoms with E-state index in [4.69, 9.17) is 0 Å². The van der Waals surface area contributed by atoms with Gasteiger partial charge in [0.15, 0.2) is 0 Å². The van der Waals surface area contributed by atoms with E-state index in [9.17, 15) is 0 Å². The maximum atomic E-state index is 4.48. The minimum atomic E-state index is 0.0880. The van der Waals surface area contributed by atoms with Crippen molar-refractivity contribution in [2.24, 2.45) is 0 Å². The van der Waals surface area contributed by atoms with Crippen molar-refractivity contribution in [3.63, 3.8) is 0 Å². The molecular weight excluding hydrogens is 378 g/mol. The summed E-state index contributed by atoms with van der Waals surface area (Å²) in [5, 5.41) is 4.48. The van der Waals surface area contributed by atoms with E-state index in [0.717, 1.165) is 5.69 Å². The molecule has 0 N–H and O–H groups in total. The van der Waals surface area contributed by atoms with E-state index in [0.29, 0.717) is 0 Å². The van der Waals surface area contributed by atoms with Crippen LogP contribution in [0, 0.1) is 14.2 Å². The molecule has 1 aromatic heterocycles. The molecule has 0 amide bonds. The number of rotatable bonds is 0. The van der Waals surface area contributed by atoms with Crippen molar-refractivity contribution in [3.8, 4) is 0 Å². The van der Waals surface area contributed by atoms with Gasteiger partial charge in [0, 0.05) is 0 Å². The van der Waals surface area contributed by atoms with Crippen molar-refractivity contribution in [3.05, 3.63) is 13.0 Å². The van der Waals surface area contributed by atoms with Gasteiger partial charge in [0.05, 0.1) is 14.8 Å². The summed E-state index contributed by atoms with van der Waals surface area (Å²) in [7, 11) is 0. The molecule has 0 atom stereocenters. The van der Waals surface area contributed by atoms with Crippen LogP contribution in [0.2, 0.25) is 0 Å². The molecule has 1 heterocycles. The van der Waals surface area contributed by atoms with Crippen LogP contribution in [0.3, 0.4) is 0 Å². The highest BCUT2D eigenvalue weighted by atomic mass is 127. The average molecular weight is 390 g/mol. The fraction of sp³-hybridized carbons (Fsp3) is 0.625. The Balaban J connectivity index is 3.28. The van der Waals surface area contributed by atoms with Gasteiger partial charge in [-0.05, 0) is 72.9 Å². The zero-order valence-electron chi connectivity index (χ0n) is 7.65. The quantitative estimate of drug-likeness (QED) is 0.623. The standard InChI is InChI=1S/C8H12I2N2/c1-5-6(9)7(10)12(11-5)8(2,3)4/h1-4H3. The Morgan fingerprint density at radius 2 is 1.75 bits per heavy atom. The van der Waals surface area contributed by atoms with Gasteiger partial charge in [0.2, 0.25) is 0 Å². The van der Waals surface area contributed by atoms with Crippen LogP contribution in [-0.2, 0) is 5.54 Å². The first kappa shape index (κ1) is 10.7. The topological polar surface area (TPSA) is 17.8 Å². The van der Waals surface area contributed by atoms with E-state index in [2.05, 4.69) is 75.7 Å². The van der Waals surface area contributed by atoms with Crippen LogP contribution in [0.5, 0.6) is 0 Å². The highest BCUT2D eigenvalue weighted by Gasteiger charge is 2.20. The normalized spacial score (nSPS) is 12.2. The van der Waals surface area contributed by atoms with Crippen molar-refractivity contribution in [2.45, 2.75) is 33.2 Å². The van der Waals surface area contributed by atoms with Crippen molar-refractivity contribution in [1.82, 2.24) is 9.78 Å². The molecule has 4 heteroatoms. The number of hydrogen-bond acceptors (Lipinski definition) is 1. The number of halogens is 2. The maximum Gasteiger partial charge on any atom is 0.113 e. The Hall–Kier alpha value is 0.670. The van der Waals surface area contributed by atoms with Crippen molar-refractivity contribution >= 4 is 45.2 Å². The van der Waals surface area contributed by atoms with E-state index in [1.54, 1.807) is 0 Å². The molecule has 0 saturated carbocycles. The zero-order chi connectivity index (χ0) is 9.52. The SMILES string of the molecule is Cc1nn(C(C)(C)C)c(I)c1I. The van der Waals surface area contributed by atoms with Crippen molar-refractivity contribution < 1.29 is 0 Å². The summed E-state index contributed by atoms with van der Waals surface area (Å²) in [6.45, 7) is 8.54. The molecule has 0 aromatic carbocycles. The molecule has 0 saturated heterocycles. The van der Waals surface area contributed by atoms with Gasteiger partial charge in [0.1, 0.15) is 3.70 Å². The molecule has 0 aliphatic heterocycles. The Kier molecular flexibility index (Phi) is 3.08. The largest absolute Gasteiger partial charge is 0.253 e. The second kappa shape index (κ2) is 3.43. The zero-order valence-corrected chi connectivity index (χ0v) is 12.0. The lowest BCUT2D eigenvalue weighted by molar-refractivity contribution is 0.346. The molecule has 0 aliphatic rings. The highest BCUT2D eigenvalue weighted by Crippen LogP contribution is 2.24. The number of nitrogens with zero attached hydrogens (tertiary/aromatic N) is 2. The van der Waals surface area contributed by atoms with Gasteiger partial charge >= 0.3 is 0 Å². The van der Waals surface area contributed by atoms with Crippen LogP contribution in [-0.4, -0.2) is 9.78 Å². The Bertz CT molecular complexity index is 297. The summed E-state index contributed by atoms with van der Waals surface area (Å²) in [5.74, 6) is 0. The third-order valence-corrected chi connectivity index (χ3v) is 4.89. The third-order valence-electron chi connectivity index (χ3n) is 1.57. The minimum Gasteiger partial charge on any atom is -0.253 e. The minimum absolute atomic E-state index is 0.0880. The van der Waals surface area contributed by atoms with Crippen LogP contribution in [0.4, 0.5) is 0 Å². The first-order chi connectivity index (χ1) is 5.34. The van der Waals surface area contributed by atoms with Crippen LogP contribution in [0.1, 0.15) is 26.5 Å². The van der Waals surface area contributed by atoms with Crippen LogP contribution >= 0.6 is 45.2 Å². The van der Waals surface area contributed by atoms with Crippen LogP contribution in [0.25, 0.3) is 0 Å². The molecule has 2 nitrogen and oxygen atoms in total. The average Bonchev–Trinajstić information content (AvgIpc) is 2.15. The fourth-order valence-corrected chi connectivity index (χ4v) is 2.48. The summed E-state index contributed by atoms with van der Waals surface area (Å²) in [5.41, 5.74) is 1.21. The monoisotopic (exact) mass is 390 g/mol. The molecule has 1 aromatic rings.